The zero-order valence-corrected chi connectivity index (χ0v) is 30.2. The van der Waals surface area contributed by atoms with Crippen molar-refractivity contribution in [3.63, 3.8) is 0 Å². The molecule has 0 amide bonds. The van der Waals surface area contributed by atoms with E-state index >= 15 is 0 Å². The van der Waals surface area contributed by atoms with E-state index in [2.05, 4.69) is 137 Å². The highest BCUT2D eigenvalue weighted by Crippen LogP contribution is 2.43. The molecule has 7 aromatic carbocycles. The predicted molar refractivity (Wildman–Crippen MR) is 221 cm³/mol. The lowest BCUT2D eigenvalue weighted by Crippen LogP contribution is -2.59. The Balaban J connectivity index is 1.02. The summed E-state index contributed by atoms with van der Waals surface area (Å²) in [5.41, 5.74) is 16.2. The third kappa shape index (κ3) is 4.17. The topological polar surface area (TPSA) is 53.4 Å². The van der Waals surface area contributed by atoms with E-state index in [1.165, 1.54) is 88.1 Å². The highest BCUT2D eigenvalue weighted by Gasteiger charge is 2.41. The fraction of sp³-hybridized carbons (Fsp3) is 0.125. The van der Waals surface area contributed by atoms with Crippen LogP contribution in [0.25, 0.3) is 77.2 Å². The normalized spacial score (nSPS) is 20.0. The van der Waals surface area contributed by atoms with Crippen LogP contribution in [0, 0.1) is 0 Å². The number of aromatic nitrogens is 2. The van der Waals surface area contributed by atoms with Crippen molar-refractivity contribution in [3.05, 3.63) is 140 Å². The third-order valence-corrected chi connectivity index (χ3v) is 12.3. The first kappa shape index (κ1) is 30.1. The predicted octanol–water partition coefficient (Wildman–Crippen LogP) is 8.61. The molecule has 4 atom stereocenters. The van der Waals surface area contributed by atoms with Crippen LogP contribution in [0.3, 0.4) is 0 Å². The molecule has 7 heteroatoms. The number of nitrogens with zero attached hydrogens (tertiary/aromatic N) is 2. The quantitative estimate of drug-likeness (QED) is 0.128. The van der Waals surface area contributed by atoms with Crippen molar-refractivity contribution in [2.24, 2.45) is 0 Å². The van der Waals surface area contributed by atoms with Gasteiger partial charge in [-0.25, -0.2) is 0 Å². The van der Waals surface area contributed by atoms with Crippen molar-refractivity contribution in [1.82, 2.24) is 9.13 Å². The van der Waals surface area contributed by atoms with Crippen molar-refractivity contribution in [2.45, 2.75) is 38.6 Å². The Hall–Kier alpha value is -6.28. The van der Waals surface area contributed by atoms with Crippen molar-refractivity contribution in [3.8, 4) is 45.1 Å². The fourth-order valence-corrected chi connectivity index (χ4v) is 9.59. The molecule has 55 heavy (non-hydrogen) atoms. The van der Waals surface area contributed by atoms with Crippen LogP contribution in [0.15, 0.2) is 140 Å². The van der Waals surface area contributed by atoms with Gasteiger partial charge in [-0.3, -0.25) is 0 Å². The molecule has 0 spiro atoms. The molecule has 0 aliphatic carbocycles. The van der Waals surface area contributed by atoms with Gasteiger partial charge in [0.2, 0.25) is 12.6 Å². The van der Waals surface area contributed by atoms with Gasteiger partial charge < -0.3 is 28.1 Å². The summed E-state index contributed by atoms with van der Waals surface area (Å²) in [6.45, 7) is 4.14. The van der Waals surface area contributed by atoms with E-state index < -0.39 is 0 Å². The number of hydrogen-bond acceptors (Lipinski definition) is 4. The molecule has 0 radical (unpaired) electrons. The third-order valence-electron chi connectivity index (χ3n) is 12.3. The fourth-order valence-electron chi connectivity index (χ4n) is 9.59. The van der Waals surface area contributed by atoms with E-state index in [-0.39, 0.29) is 31.5 Å². The van der Waals surface area contributed by atoms with E-state index in [0.717, 1.165) is 17.1 Å². The molecule has 9 aromatic rings. The van der Waals surface area contributed by atoms with Gasteiger partial charge in [0.05, 0.1) is 11.0 Å². The summed E-state index contributed by atoms with van der Waals surface area (Å²) in [5.74, 6) is 1.66. The Morgan fingerprint density at radius 3 is 1.82 bits per heavy atom. The maximum Gasteiger partial charge on any atom is 0.252 e. The molecule has 0 saturated carbocycles. The summed E-state index contributed by atoms with van der Waals surface area (Å²) in [7, 11) is 0. The molecule has 2 saturated heterocycles. The molecule has 0 bridgehead atoms. The maximum absolute atomic E-state index is 6.01. The van der Waals surface area contributed by atoms with Crippen LogP contribution in [0.4, 0.5) is 0 Å². The van der Waals surface area contributed by atoms with E-state index in [9.17, 15) is 0 Å². The number of ether oxygens (including phenoxy) is 4. The van der Waals surface area contributed by atoms with Crippen molar-refractivity contribution in [1.29, 1.82) is 0 Å². The van der Waals surface area contributed by atoms with Gasteiger partial charge in [-0.2, -0.15) is 0 Å². The first-order chi connectivity index (χ1) is 27.1. The second-order valence-electron chi connectivity index (χ2n) is 15.4. The first-order valence-electron chi connectivity index (χ1n) is 19.2. The summed E-state index contributed by atoms with van der Waals surface area (Å²) in [4.78, 5) is 0. The molecule has 4 aliphatic rings. The van der Waals surface area contributed by atoms with Gasteiger partial charge in [-0.1, -0.05) is 91.0 Å². The molecule has 2 aromatic heterocycles. The maximum atomic E-state index is 6.01. The van der Waals surface area contributed by atoms with Crippen LogP contribution < -0.4 is 25.9 Å². The van der Waals surface area contributed by atoms with Crippen molar-refractivity contribution >= 4 is 66.7 Å². The molecule has 0 N–H and O–H groups in total. The van der Waals surface area contributed by atoms with Crippen LogP contribution in [-0.2, 0) is 9.47 Å². The smallest absolute Gasteiger partial charge is 0.252 e. The minimum atomic E-state index is -0.150. The van der Waals surface area contributed by atoms with Gasteiger partial charge in [0.1, 0.15) is 23.7 Å². The van der Waals surface area contributed by atoms with E-state index in [0.29, 0.717) is 0 Å². The molecule has 6 nitrogen and oxygen atoms in total. The Labute approximate surface area is 317 Å². The molecule has 6 heterocycles. The van der Waals surface area contributed by atoms with Gasteiger partial charge in [0.25, 0.3) is 6.71 Å². The monoisotopic (exact) mass is 712 g/mol. The van der Waals surface area contributed by atoms with Gasteiger partial charge in [-0.05, 0) is 101 Å². The van der Waals surface area contributed by atoms with Crippen LogP contribution in [-0.4, -0.2) is 40.6 Å². The zero-order chi connectivity index (χ0) is 36.1. The second kappa shape index (κ2) is 10.7. The Kier molecular flexibility index (Phi) is 5.85. The SMILES string of the molecule is CC1OC1Oc1ccc(-c2ccc3c4cccc5c4n(c3c2)-c2cccc3c2B5c2ccc(-c4ccc(OC5OC5C)cc4)c4c5ccccc5n-3c24)cc1. The molecule has 4 aliphatic heterocycles. The Morgan fingerprint density at radius 1 is 0.509 bits per heavy atom. The lowest BCUT2D eigenvalue weighted by molar-refractivity contribution is 0.178. The highest BCUT2D eigenvalue weighted by atomic mass is 16.8. The summed E-state index contributed by atoms with van der Waals surface area (Å²) < 4.78 is 28.0. The Bertz CT molecular complexity index is 3090. The number of hydrogen-bond donors (Lipinski definition) is 0. The van der Waals surface area contributed by atoms with Gasteiger partial charge in [-0.15, -0.1) is 0 Å². The van der Waals surface area contributed by atoms with Gasteiger partial charge in [0, 0.05) is 44.0 Å². The van der Waals surface area contributed by atoms with Crippen LogP contribution in [0.5, 0.6) is 11.5 Å². The summed E-state index contributed by atoms with van der Waals surface area (Å²) in [6, 6.07) is 51.2. The summed E-state index contributed by atoms with van der Waals surface area (Å²) in [6.07, 6.45) is 0.00682. The van der Waals surface area contributed by atoms with Crippen molar-refractivity contribution < 1.29 is 18.9 Å². The summed E-state index contributed by atoms with van der Waals surface area (Å²) in [5, 5.41) is 5.09. The lowest BCUT2D eigenvalue weighted by atomic mass is 9.34. The van der Waals surface area contributed by atoms with Crippen LogP contribution in [0.1, 0.15) is 13.8 Å². The number of benzene rings is 7. The zero-order valence-electron chi connectivity index (χ0n) is 30.2. The molecule has 2 fully saturated rings. The highest BCUT2D eigenvalue weighted by molar-refractivity contribution is 7.00. The number of rotatable bonds is 6. The average molecular weight is 713 g/mol. The minimum Gasteiger partial charge on any atom is -0.462 e. The largest absolute Gasteiger partial charge is 0.462 e. The number of para-hydroxylation sites is 2. The minimum absolute atomic E-state index is 0.0848. The molecular formula is C48H33BN2O4. The lowest BCUT2D eigenvalue weighted by Gasteiger charge is -2.33. The number of fused-ring (bicyclic) bond motifs is 10. The molecule has 4 unspecified atom stereocenters. The van der Waals surface area contributed by atoms with Crippen LogP contribution in [0.2, 0.25) is 0 Å². The first-order valence-corrected chi connectivity index (χ1v) is 19.2. The second-order valence-corrected chi connectivity index (χ2v) is 15.4. The standard InChI is InChI=1S/C48H33BN2O4/c1-26-47(52-26)54-31-18-13-28(14-19-31)30-17-22-34-35-8-5-9-37-45(35)51(42(34)25-30)41-12-6-11-40-44(41)49(37)38-24-23-33(29-15-20-32(21-16-29)55-48-27(2)53-48)43-36-7-3-4-10-39(36)50(40)46(38)43/h3-27,47-48H,1-2H3. The van der Waals surface area contributed by atoms with Gasteiger partial charge in [0.15, 0.2) is 0 Å². The molecule has 13 rings (SSSR count). The Morgan fingerprint density at radius 2 is 1.11 bits per heavy atom. The molecule has 262 valence electrons. The van der Waals surface area contributed by atoms with Crippen LogP contribution >= 0.6 is 0 Å². The van der Waals surface area contributed by atoms with Gasteiger partial charge >= 0.3 is 0 Å². The van der Waals surface area contributed by atoms with E-state index in [1.807, 2.05) is 26.0 Å². The summed E-state index contributed by atoms with van der Waals surface area (Å²) >= 11 is 0. The average Bonchev–Trinajstić information content (AvgIpc) is 4.03. The van der Waals surface area contributed by atoms with E-state index in [1.54, 1.807) is 0 Å². The van der Waals surface area contributed by atoms with E-state index in [4.69, 9.17) is 18.9 Å². The number of epoxide rings is 2. The van der Waals surface area contributed by atoms with Crippen molar-refractivity contribution in [2.75, 3.05) is 0 Å². The molecular weight excluding hydrogens is 679 g/mol.